The lowest BCUT2D eigenvalue weighted by molar-refractivity contribution is 0.0387. The van der Waals surface area contributed by atoms with Crippen molar-refractivity contribution >= 4 is 0 Å². The van der Waals surface area contributed by atoms with E-state index in [1.165, 1.54) is 19.4 Å². The molecule has 3 unspecified atom stereocenters. The molecule has 15 heavy (non-hydrogen) atoms. The molecule has 90 valence electrons. The van der Waals surface area contributed by atoms with Gasteiger partial charge in [0.1, 0.15) is 0 Å². The third-order valence-electron chi connectivity index (χ3n) is 4.07. The van der Waals surface area contributed by atoms with Crippen molar-refractivity contribution < 1.29 is 5.11 Å². The van der Waals surface area contributed by atoms with Crippen LogP contribution in [0.15, 0.2) is 0 Å². The van der Waals surface area contributed by atoms with Crippen LogP contribution >= 0.6 is 0 Å². The van der Waals surface area contributed by atoms with Crippen LogP contribution in [0.25, 0.3) is 0 Å². The zero-order valence-corrected chi connectivity index (χ0v) is 10.8. The minimum absolute atomic E-state index is 0.0886. The van der Waals surface area contributed by atoms with E-state index in [-0.39, 0.29) is 5.41 Å². The van der Waals surface area contributed by atoms with Gasteiger partial charge in [0.05, 0.1) is 0 Å². The lowest BCUT2D eigenvalue weighted by Crippen LogP contribution is -2.47. The van der Waals surface area contributed by atoms with E-state index in [1.54, 1.807) is 0 Å². The molecule has 0 spiro atoms. The molecule has 1 saturated heterocycles. The molecule has 1 fully saturated rings. The zero-order valence-electron chi connectivity index (χ0n) is 10.8. The molecule has 3 atom stereocenters. The highest BCUT2D eigenvalue weighted by molar-refractivity contribution is 4.83. The molecule has 2 heteroatoms. The fourth-order valence-electron chi connectivity index (χ4n) is 2.36. The van der Waals surface area contributed by atoms with Crippen LogP contribution in [0.3, 0.4) is 0 Å². The molecule has 1 aliphatic heterocycles. The van der Waals surface area contributed by atoms with Crippen LogP contribution in [0.4, 0.5) is 0 Å². The van der Waals surface area contributed by atoms with E-state index in [2.05, 4.69) is 32.6 Å². The summed E-state index contributed by atoms with van der Waals surface area (Å²) >= 11 is 0. The van der Waals surface area contributed by atoms with Crippen LogP contribution in [0.1, 0.15) is 47.0 Å². The summed E-state index contributed by atoms with van der Waals surface area (Å²) in [5.74, 6) is 0.820. The first-order chi connectivity index (χ1) is 7.00. The summed E-state index contributed by atoms with van der Waals surface area (Å²) in [5, 5.41) is 9.44. The van der Waals surface area contributed by atoms with E-state index in [4.69, 9.17) is 0 Å². The third kappa shape index (κ3) is 3.46. The van der Waals surface area contributed by atoms with Crippen molar-refractivity contribution in [1.29, 1.82) is 0 Å². The maximum atomic E-state index is 9.44. The van der Waals surface area contributed by atoms with Gasteiger partial charge in [0.15, 0.2) is 0 Å². The van der Waals surface area contributed by atoms with E-state index >= 15 is 0 Å². The van der Waals surface area contributed by atoms with Gasteiger partial charge in [-0.3, -0.25) is 4.90 Å². The smallest absolute Gasteiger partial charge is 0.0496 e. The van der Waals surface area contributed by atoms with Crippen molar-refractivity contribution in [3.05, 3.63) is 0 Å². The molecule has 0 amide bonds. The molecule has 1 aliphatic rings. The van der Waals surface area contributed by atoms with Crippen molar-refractivity contribution in [2.75, 3.05) is 19.7 Å². The number of aliphatic hydroxyl groups excluding tert-OH is 1. The van der Waals surface area contributed by atoms with Gasteiger partial charge in [0, 0.05) is 31.2 Å². The second kappa shape index (κ2) is 5.31. The Kier molecular flexibility index (Phi) is 4.60. The van der Waals surface area contributed by atoms with Crippen molar-refractivity contribution in [2.24, 2.45) is 11.3 Å². The molecule has 1 rings (SSSR count). The lowest BCUT2D eigenvalue weighted by atomic mass is 9.85. The fourth-order valence-corrected chi connectivity index (χ4v) is 2.36. The Morgan fingerprint density at radius 2 is 2.00 bits per heavy atom. The Hall–Kier alpha value is -0.0800. The SMILES string of the molecule is CCC(C)(CO)CN1CC(C)CCC1C. The first-order valence-electron chi connectivity index (χ1n) is 6.35. The molecule has 0 saturated carbocycles. The first kappa shape index (κ1) is 13.0. The molecule has 0 bridgehead atoms. The Morgan fingerprint density at radius 1 is 1.33 bits per heavy atom. The van der Waals surface area contributed by atoms with Crippen LogP contribution in [0, 0.1) is 11.3 Å². The van der Waals surface area contributed by atoms with E-state index in [0.29, 0.717) is 12.6 Å². The topological polar surface area (TPSA) is 23.5 Å². The van der Waals surface area contributed by atoms with Gasteiger partial charge in [0.2, 0.25) is 0 Å². The van der Waals surface area contributed by atoms with Gasteiger partial charge in [0.25, 0.3) is 0 Å². The second-order valence-electron chi connectivity index (χ2n) is 5.78. The Bertz CT molecular complexity index is 189. The third-order valence-corrected chi connectivity index (χ3v) is 4.07. The number of piperidine rings is 1. The number of aliphatic hydroxyl groups is 1. The van der Waals surface area contributed by atoms with E-state index in [1.807, 2.05) is 0 Å². The van der Waals surface area contributed by atoms with E-state index in [9.17, 15) is 5.11 Å². The summed E-state index contributed by atoms with van der Waals surface area (Å²) in [6.45, 7) is 11.6. The van der Waals surface area contributed by atoms with Gasteiger partial charge in [-0.25, -0.2) is 0 Å². The molecule has 0 radical (unpaired) electrons. The molecular formula is C13H27NO. The summed E-state index contributed by atoms with van der Waals surface area (Å²) in [7, 11) is 0. The zero-order chi connectivity index (χ0) is 11.5. The predicted molar refractivity (Wildman–Crippen MR) is 64.9 cm³/mol. The molecule has 0 aromatic rings. The maximum Gasteiger partial charge on any atom is 0.0496 e. The summed E-state index contributed by atoms with van der Waals surface area (Å²) in [6.07, 6.45) is 3.73. The predicted octanol–water partition coefficient (Wildman–Crippen LogP) is 2.52. The standard InChI is InChI=1S/C13H27NO/c1-5-13(4,10-15)9-14-8-11(2)6-7-12(14)3/h11-12,15H,5-10H2,1-4H3. The van der Waals surface area contributed by atoms with Crippen molar-refractivity contribution in [1.82, 2.24) is 4.90 Å². The normalized spacial score (nSPS) is 32.6. The summed E-state index contributed by atoms with van der Waals surface area (Å²) in [6, 6.07) is 0.693. The highest BCUT2D eigenvalue weighted by Crippen LogP contribution is 2.28. The van der Waals surface area contributed by atoms with Gasteiger partial charge in [-0.2, -0.15) is 0 Å². The summed E-state index contributed by atoms with van der Waals surface area (Å²) in [4.78, 5) is 2.56. The van der Waals surface area contributed by atoms with E-state index in [0.717, 1.165) is 18.9 Å². The molecule has 0 aromatic carbocycles. The molecule has 0 aromatic heterocycles. The van der Waals surface area contributed by atoms with Crippen molar-refractivity contribution in [3.8, 4) is 0 Å². The van der Waals surface area contributed by atoms with Gasteiger partial charge in [-0.05, 0) is 32.1 Å². The van der Waals surface area contributed by atoms with Crippen molar-refractivity contribution in [2.45, 2.75) is 53.0 Å². The Labute approximate surface area is 94.7 Å². The monoisotopic (exact) mass is 213 g/mol. The van der Waals surface area contributed by atoms with Gasteiger partial charge in [-0.1, -0.05) is 20.8 Å². The van der Waals surface area contributed by atoms with E-state index < -0.39 is 0 Å². The fraction of sp³-hybridized carbons (Fsp3) is 1.00. The highest BCUT2D eigenvalue weighted by Gasteiger charge is 2.30. The van der Waals surface area contributed by atoms with Crippen LogP contribution in [-0.2, 0) is 0 Å². The second-order valence-corrected chi connectivity index (χ2v) is 5.78. The number of hydrogen-bond donors (Lipinski definition) is 1. The van der Waals surface area contributed by atoms with Crippen molar-refractivity contribution in [3.63, 3.8) is 0 Å². The minimum Gasteiger partial charge on any atom is -0.396 e. The lowest BCUT2D eigenvalue weighted by Gasteiger charge is -2.41. The summed E-state index contributed by atoms with van der Waals surface area (Å²) in [5.41, 5.74) is 0.0886. The first-order valence-corrected chi connectivity index (χ1v) is 6.35. The van der Waals surface area contributed by atoms with Crippen LogP contribution in [-0.4, -0.2) is 35.7 Å². The summed E-state index contributed by atoms with van der Waals surface area (Å²) < 4.78 is 0. The number of hydrogen-bond acceptors (Lipinski definition) is 2. The molecule has 0 aliphatic carbocycles. The van der Waals surface area contributed by atoms with Crippen LogP contribution in [0.2, 0.25) is 0 Å². The maximum absolute atomic E-state index is 9.44. The average Bonchev–Trinajstić information content (AvgIpc) is 2.23. The van der Waals surface area contributed by atoms with Gasteiger partial charge in [-0.15, -0.1) is 0 Å². The molecular weight excluding hydrogens is 186 g/mol. The number of rotatable bonds is 4. The Morgan fingerprint density at radius 3 is 2.53 bits per heavy atom. The Balaban J connectivity index is 2.54. The molecule has 1 heterocycles. The minimum atomic E-state index is 0.0886. The average molecular weight is 213 g/mol. The number of likely N-dealkylation sites (tertiary alicyclic amines) is 1. The number of nitrogens with zero attached hydrogens (tertiary/aromatic N) is 1. The quantitative estimate of drug-likeness (QED) is 0.775. The molecule has 2 nitrogen and oxygen atoms in total. The van der Waals surface area contributed by atoms with Gasteiger partial charge >= 0.3 is 0 Å². The largest absolute Gasteiger partial charge is 0.396 e. The van der Waals surface area contributed by atoms with Crippen LogP contribution in [0.5, 0.6) is 0 Å². The van der Waals surface area contributed by atoms with Crippen LogP contribution < -0.4 is 0 Å². The highest BCUT2D eigenvalue weighted by atomic mass is 16.3. The molecule has 1 N–H and O–H groups in total. The van der Waals surface area contributed by atoms with Gasteiger partial charge < -0.3 is 5.11 Å².